The van der Waals surface area contributed by atoms with Crippen molar-refractivity contribution in [3.63, 3.8) is 0 Å². The van der Waals surface area contributed by atoms with E-state index >= 15 is 0 Å². The summed E-state index contributed by atoms with van der Waals surface area (Å²) in [6.45, 7) is 16.4. The highest BCUT2D eigenvalue weighted by atomic mass is 16.5. The van der Waals surface area contributed by atoms with Gasteiger partial charge >= 0.3 is 11.9 Å². The highest BCUT2D eigenvalue weighted by molar-refractivity contribution is 5.83. The van der Waals surface area contributed by atoms with E-state index in [1.54, 1.807) is 6.92 Å². The summed E-state index contributed by atoms with van der Waals surface area (Å²) in [5.41, 5.74) is 2.51. The lowest BCUT2D eigenvalue weighted by atomic mass is 9.77. The van der Waals surface area contributed by atoms with Gasteiger partial charge in [-0.2, -0.15) is 0 Å². The second-order valence-corrected chi connectivity index (χ2v) is 14.1. The van der Waals surface area contributed by atoms with Crippen LogP contribution in [0.5, 0.6) is 0 Å². The minimum absolute atomic E-state index is 0.143. The molecule has 0 spiro atoms. The number of rotatable bonds is 20. The third-order valence-electron chi connectivity index (χ3n) is 9.04. The third-order valence-corrected chi connectivity index (χ3v) is 9.04. The van der Waals surface area contributed by atoms with Gasteiger partial charge in [0.2, 0.25) is 0 Å². The number of carbonyl (C=O) groups excluding carboxylic acids is 2. The van der Waals surface area contributed by atoms with Crippen molar-refractivity contribution in [2.75, 3.05) is 0 Å². The number of Topliss-reactive ketones (excluding diaryl/α,β-unsaturated/α-hetero) is 1. The second-order valence-electron chi connectivity index (χ2n) is 14.1. The number of hydrogen-bond acceptors (Lipinski definition) is 4. The first kappa shape index (κ1) is 37.2. The molecule has 0 saturated carbocycles. The van der Waals surface area contributed by atoms with Crippen LogP contribution in [0.2, 0.25) is 0 Å². The van der Waals surface area contributed by atoms with Crippen LogP contribution < -0.4 is 0 Å². The Kier molecular flexibility index (Phi) is 14.8. The normalized spacial score (nSPS) is 15.0. The molecule has 0 aliphatic rings. The number of esters is 1. The number of carboxylic acids is 1. The number of carbonyl (C=O) groups is 3. The summed E-state index contributed by atoms with van der Waals surface area (Å²) in [7, 11) is 0. The summed E-state index contributed by atoms with van der Waals surface area (Å²) in [6.07, 6.45) is 7.43. The van der Waals surface area contributed by atoms with Gasteiger partial charge in [-0.15, -0.1) is 0 Å². The smallest absolute Gasteiger partial charge is 0.316 e. The number of hydrogen-bond donors (Lipinski definition) is 1. The first-order chi connectivity index (χ1) is 20.7. The maximum Gasteiger partial charge on any atom is 0.316 e. The largest absolute Gasteiger partial charge is 0.481 e. The zero-order valence-corrected chi connectivity index (χ0v) is 28.7. The van der Waals surface area contributed by atoms with Crippen molar-refractivity contribution in [3.8, 4) is 0 Å². The van der Waals surface area contributed by atoms with Crippen LogP contribution in [0.4, 0.5) is 0 Å². The Bertz CT molecular complexity index is 1180. The molecule has 44 heavy (non-hydrogen) atoms. The summed E-state index contributed by atoms with van der Waals surface area (Å²) in [6, 6.07) is 16.3. The second kappa shape index (κ2) is 17.5. The Morgan fingerprint density at radius 2 is 1.09 bits per heavy atom. The van der Waals surface area contributed by atoms with Gasteiger partial charge in [0, 0.05) is 12.8 Å². The van der Waals surface area contributed by atoms with Crippen molar-refractivity contribution in [1.82, 2.24) is 0 Å². The maximum absolute atomic E-state index is 13.4. The predicted octanol–water partition coefficient (Wildman–Crippen LogP) is 9.42. The molecule has 3 unspecified atom stereocenters. The topological polar surface area (TPSA) is 80.7 Å². The molecule has 5 heteroatoms. The summed E-state index contributed by atoms with van der Waals surface area (Å²) in [5.74, 6) is 0.276. The number of unbranched alkanes of at least 4 members (excludes halogenated alkanes) is 2. The molecule has 2 aromatic rings. The van der Waals surface area contributed by atoms with Crippen LogP contribution in [0.1, 0.15) is 135 Å². The van der Waals surface area contributed by atoms with Gasteiger partial charge in [0.1, 0.15) is 5.78 Å². The standard InChI is InChI=1S/C39H58O5/c1-9-30(6)44-37(43)39(8,34-22-18-32(19-23-34)27-29(4)5)25-13-11-15-35(40)14-10-12-24-38(7,36(41)42)33-20-16-31(17-21-33)26-28(2)3/h16-23,28-30H,9-15,24-27H2,1-8H3,(H,41,42). The Morgan fingerprint density at radius 1 is 0.682 bits per heavy atom. The molecule has 0 aliphatic carbocycles. The fourth-order valence-corrected chi connectivity index (χ4v) is 5.82. The molecule has 5 nitrogen and oxygen atoms in total. The lowest BCUT2D eigenvalue weighted by molar-refractivity contribution is -0.155. The molecule has 2 aromatic carbocycles. The average molecular weight is 607 g/mol. The molecule has 0 heterocycles. The first-order valence-electron chi connectivity index (χ1n) is 16.9. The molecule has 0 saturated heterocycles. The molecule has 3 atom stereocenters. The molecular formula is C39H58O5. The number of ketones is 1. The van der Waals surface area contributed by atoms with Gasteiger partial charge in [-0.05, 0) is 99.8 Å². The summed E-state index contributed by atoms with van der Waals surface area (Å²) >= 11 is 0. The number of benzene rings is 2. The minimum Gasteiger partial charge on any atom is -0.481 e. The zero-order chi connectivity index (χ0) is 32.9. The van der Waals surface area contributed by atoms with E-state index < -0.39 is 16.8 Å². The molecule has 244 valence electrons. The minimum atomic E-state index is -0.971. The highest BCUT2D eigenvalue weighted by Gasteiger charge is 2.37. The van der Waals surface area contributed by atoms with E-state index in [1.807, 2.05) is 45.0 Å². The van der Waals surface area contributed by atoms with Crippen LogP contribution in [-0.2, 0) is 42.8 Å². The van der Waals surface area contributed by atoms with E-state index in [-0.39, 0.29) is 17.9 Å². The monoisotopic (exact) mass is 606 g/mol. The van der Waals surface area contributed by atoms with Crippen LogP contribution in [0, 0.1) is 11.8 Å². The molecule has 0 aliphatic heterocycles. The Labute approximate surface area is 267 Å². The van der Waals surface area contributed by atoms with Gasteiger partial charge < -0.3 is 9.84 Å². The van der Waals surface area contributed by atoms with Crippen LogP contribution in [0.25, 0.3) is 0 Å². The number of ether oxygens (including phenoxy) is 1. The third kappa shape index (κ3) is 11.2. The van der Waals surface area contributed by atoms with Gasteiger partial charge in [0.15, 0.2) is 0 Å². The number of aliphatic carboxylic acids is 1. The Morgan fingerprint density at radius 3 is 1.48 bits per heavy atom. The molecular weight excluding hydrogens is 548 g/mol. The Hall–Kier alpha value is -2.95. The molecule has 0 fully saturated rings. The zero-order valence-electron chi connectivity index (χ0n) is 28.7. The quantitative estimate of drug-likeness (QED) is 0.120. The molecule has 0 aromatic heterocycles. The van der Waals surface area contributed by atoms with Gasteiger partial charge in [-0.1, -0.05) is 96.0 Å². The number of carboxylic acid groups (broad SMARTS) is 1. The van der Waals surface area contributed by atoms with Crippen molar-refractivity contribution >= 4 is 17.7 Å². The predicted molar refractivity (Wildman–Crippen MR) is 180 cm³/mol. The molecule has 1 N–H and O–H groups in total. The Balaban J connectivity index is 1.90. The fraction of sp³-hybridized carbons (Fsp3) is 0.615. The summed E-state index contributed by atoms with van der Waals surface area (Å²) < 4.78 is 5.81. The van der Waals surface area contributed by atoms with E-state index in [0.29, 0.717) is 56.8 Å². The first-order valence-corrected chi connectivity index (χ1v) is 16.9. The van der Waals surface area contributed by atoms with Crippen molar-refractivity contribution in [2.45, 2.75) is 143 Å². The lowest BCUT2D eigenvalue weighted by Crippen LogP contribution is -2.36. The van der Waals surface area contributed by atoms with E-state index in [9.17, 15) is 19.5 Å². The van der Waals surface area contributed by atoms with Gasteiger partial charge in [-0.3, -0.25) is 14.4 Å². The molecule has 0 bridgehead atoms. The van der Waals surface area contributed by atoms with Gasteiger partial charge in [0.05, 0.1) is 16.9 Å². The highest BCUT2D eigenvalue weighted by Crippen LogP contribution is 2.34. The van der Waals surface area contributed by atoms with Gasteiger partial charge in [-0.25, -0.2) is 0 Å². The SMILES string of the molecule is CCC(C)OC(=O)C(C)(CCCCC(=O)CCCCC(C)(C(=O)O)c1ccc(CC(C)C)cc1)c1ccc(CC(C)C)cc1. The van der Waals surface area contributed by atoms with Crippen LogP contribution in [0.3, 0.4) is 0 Å². The molecule has 0 radical (unpaired) electrons. The van der Waals surface area contributed by atoms with Crippen molar-refractivity contribution in [2.24, 2.45) is 11.8 Å². The van der Waals surface area contributed by atoms with Crippen molar-refractivity contribution < 1.29 is 24.2 Å². The summed E-state index contributed by atoms with van der Waals surface area (Å²) in [4.78, 5) is 38.3. The van der Waals surface area contributed by atoms with E-state index in [2.05, 4.69) is 52.0 Å². The fourth-order valence-electron chi connectivity index (χ4n) is 5.82. The van der Waals surface area contributed by atoms with E-state index in [0.717, 1.165) is 36.8 Å². The maximum atomic E-state index is 13.4. The van der Waals surface area contributed by atoms with Crippen molar-refractivity contribution in [1.29, 1.82) is 0 Å². The van der Waals surface area contributed by atoms with Crippen LogP contribution in [0.15, 0.2) is 48.5 Å². The van der Waals surface area contributed by atoms with E-state index in [1.165, 1.54) is 11.1 Å². The lowest BCUT2D eigenvalue weighted by Gasteiger charge is -2.30. The van der Waals surface area contributed by atoms with Crippen LogP contribution in [-0.4, -0.2) is 28.9 Å². The summed E-state index contributed by atoms with van der Waals surface area (Å²) in [5, 5.41) is 10.0. The molecule has 2 rings (SSSR count). The van der Waals surface area contributed by atoms with E-state index in [4.69, 9.17) is 4.74 Å². The van der Waals surface area contributed by atoms with Crippen LogP contribution >= 0.6 is 0 Å². The van der Waals surface area contributed by atoms with Crippen molar-refractivity contribution in [3.05, 3.63) is 70.8 Å². The average Bonchev–Trinajstić information content (AvgIpc) is 2.97. The van der Waals surface area contributed by atoms with Gasteiger partial charge in [0.25, 0.3) is 0 Å². The molecule has 0 amide bonds.